The highest BCUT2D eigenvalue weighted by atomic mass is 35.5. The van der Waals surface area contributed by atoms with Gasteiger partial charge in [0.1, 0.15) is 0 Å². The Bertz CT molecular complexity index is 157. The molecule has 0 aliphatic heterocycles. The molecule has 0 heterocycles. The van der Waals surface area contributed by atoms with Crippen LogP contribution in [0.4, 0.5) is 0 Å². The summed E-state index contributed by atoms with van der Waals surface area (Å²) in [6.07, 6.45) is 3.25. The Morgan fingerprint density at radius 3 is 2.40 bits per heavy atom. The second kappa shape index (κ2) is 1.70. The molecule has 0 aromatic heterocycles. The van der Waals surface area contributed by atoms with Crippen LogP contribution in [0.25, 0.3) is 0 Å². The predicted molar refractivity (Wildman–Crippen MR) is 37.2 cm³/mol. The molecule has 0 aromatic rings. The maximum Gasteiger partial charge on any atom is 0.237 e. The van der Waals surface area contributed by atoms with Crippen molar-refractivity contribution in [1.29, 1.82) is 0 Å². The summed E-state index contributed by atoms with van der Waals surface area (Å²) in [6, 6.07) is 2.30. The molecule has 3 unspecified atom stereocenters. The molecule has 4 aliphatic carbocycles. The number of hydrogen-bond donors (Lipinski definition) is 0. The zero-order valence-electron chi connectivity index (χ0n) is 5.59. The second-order valence-electron chi connectivity index (χ2n) is 3.80. The topological polar surface area (TPSA) is 9.23 Å². The molecule has 0 spiro atoms. The summed E-state index contributed by atoms with van der Waals surface area (Å²) in [6.45, 7) is 0. The molecule has 0 amide bonds. The minimum Gasteiger partial charge on any atom is -0.348 e. The minimum absolute atomic E-state index is 0.451. The van der Waals surface area contributed by atoms with E-state index in [0.717, 1.165) is 23.7 Å². The van der Waals surface area contributed by atoms with Crippen LogP contribution in [0.1, 0.15) is 12.8 Å². The smallest absolute Gasteiger partial charge is 0.237 e. The van der Waals surface area contributed by atoms with Crippen molar-refractivity contribution in [2.24, 2.45) is 23.7 Å². The van der Waals surface area contributed by atoms with Crippen LogP contribution < -0.4 is 0 Å². The normalized spacial score (nSPS) is 61.5. The quantitative estimate of drug-likeness (QED) is 0.594. The Morgan fingerprint density at radius 2 is 2.00 bits per heavy atom. The average Bonchev–Trinajstić information content (AvgIpc) is 2.38. The number of ether oxygens (including phenoxy) is 1. The van der Waals surface area contributed by atoms with Crippen molar-refractivity contribution in [3.8, 4) is 0 Å². The maximum absolute atomic E-state index is 5.28. The molecule has 4 aliphatic rings. The average molecular weight is 157 g/mol. The van der Waals surface area contributed by atoms with Crippen molar-refractivity contribution in [2.45, 2.75) is 18.9 Å². The van der Waals surface area contributed by atoms with Gasteiger partial charge in [-0.1, -0.05) is 11.6 Å². The lowest BCUT2D eigenvalue weighted by atomic mass is 10.1. The highest BCUT2D eigenvalue weighted by Gasteiger charge is 2.69. The Morgan fingerprint density at radius 1 is 1.30 bits per heavy atom. The van der Waals surface area contributed by atoms with Crippen molar-refractivity contribution in [3.05, 3.63) is 6.07 Å². The zero-order chi connectivity index (χ0) is 6.72. The van der Waals surface area contributed by atoms with Crippen LogP contribution in [-0.4, -0.2) is 6.10 Å². The third-order valence-electron chi connectivity index (χ3n) is 3.57. The van der Waals surface area contributed by atoms with E-state index in [4.69, 9.17) is 16.3 Å². The van der Waals surface area contributed by atoms with Crippen molar-refractivity contribution < 1.29 is 4.74 Å². The molecule has 10 heavy (non-hydrogen) atoms. The van der Waals surface area contributed by atoms with Gasteiger partial charge in [0.2, 0.25) is 6.07 Å². The molecule has 2 heteroatoms. The van der Waals surface area contributed by atoms with E-state index in [1.165, 1.54) is 12.8 Å². The first-order valence-corrected chi connectivity index (χ1v) is 4.31. The van der Waals surface area contributed by atoms with E-state index in [1.54, 1.807) is 0 Å². The van der Waals surface area contributed by atoms with E-state index < -0.39 is 0 Å². The molecule has 4 fully saturated rings. The van der Waals surface area contributed by atoms with E-state index in [0.29, 0.717) is 6.10 Å². The molecule has 54 valence electrons. The van der Waals surface area contributed by atoms with Gasteiger partial charge in [0.15, 0.2) is 0 Å². The first-order valence-electron chi connectivity index (χ1n) is 3.93. The first kappa shape index (κ1) is 5.84. The third-order valence-corrected chi connectivity index (χ3v) is 3.66. The molecule has 1 nitrogen and oxygen atoms in total. The lowest BCUT2D eigenvalue weighted by Gasteiger charge is -2.11. The van der Waals surface area contributed by atoms with E-state index in [2.05, 4.69) is 6.07 Å². The minimum atomic E-state index is 0.451. The van der Waals surface area contributed by atoms with Crippen LogP contribution >= 0.6 is 11.6 Å². The first-order chi connectivity index (χ1) is 4.92. The van der Waals surface area contributed by atoms with Crippen LogP contribution in [-0.2, 0) is 4.74 Å². The largest absolute Gasteiger partial charge is 0.348 e. The summed E-state index contributed by atoms with van der Waals surface area (Å²) in [4.78, 5) is 0. The van der Waals surface area contributed by atoms with Gasteiger partial charge in [-0.25, -0.2) is 0 Å². The van der Waals surface area contributed by atoms with Gasteiger partial charge in [0.05, 0.1) is 6.10 Å². The Balaban J connectivity index is 1.79. The fourth-order valence-corrected chi connectivity index (χ4v) is 3.33. The molecule has 2 radical (unpaired) electrons. The molecule has 0 aromatic carbocycles. The fraction of sp³-hybridized carbons (Fsp3) is 0.875. The molecule has 0 saturated heterocycles. The molecule has 4 bridgehead atoms. The Labute approximate surface area is 65.7 Å². The van der Waals surface area contributed by atoms with Crippen LogP contribution in [0.15, 0.2) is 0 Å². The second-order valence-corrected chi connectivity index (χ2v) is 3.95. The van der Waals surface area contributed by atoms with Crippen molar-refractivity contribution in [2.75, 3.05) is 0 Å². The van der Waals surface area contributed by atoms with Gasteiger partial charge in [-0.2, -0.15) is 0 Å². The molecule has 4 rings (SSSR count). The van der Waals surface area contributed by atoms with Gasteiger partial charge in [-0.15, -0.1) is 0 Å². The zero-order valence-corrected chi connectivity index (χ0v) is 6.34. The molecular weight excluding hydrogens is 148 g/mol. The number of rotatable bonds is 2. The van der Waals surface area contributed by atoms with E-state index >= 15 is 0 Å². The summed E-state index contributed by atoms with van der Waals surface area (Å²) in [5.41, 5.74) is 0. The highest BCUT2D eigenvalue weighted by molar-refractivity contribution is 6.22. The lowest BCUT2D eigenvalue weighted by Crippen LogP contribution is -2.14. The summed E-state index contributed by atoms with van der Waals surface area (Å²) in [5.74, 6) is 3.72. The van der Waals surface area contributed by atoms with Crippen LogP contribution in [0.2, 0.25) is 0 Å². The van der Waals surface area contributed by atoms with E-state index in [9.17, 15) is 0 Å². The van der Waals surface area contributed by atoms with Gasteiger partial charge in [-0.3, -0.25) is 0 Å². The fourth-order valence-electron chi connectivity index (χ4n) is 3.23. The van der Waals surface area contributed by atoms with Gasteiger partial charge in [-0.05, 0) is 36.5 Å². The highest BCUT2D eigenvalue weighted by Crippen LogP contribution is 2.71. The standard InChI is InChI=1S/C8H9ClO/c9-3-10-8-4-1-5-6(2-4)7(5)8/h4-8H,1-2H2/t4?,5-,6?,7?,8+/m1/s1. The Kier molecular flexibility index (Phi) is 0.993. The third kappa shape index (κ3) is 0.507. The summed E-state index contributed by atoms with van der Waals surface area (Å²) in [7, 11) is 0. The monoisotopic (exact) mass is 156 g/mol. The van der Waals surface area contributed by atoms with Gasteiger partial charge >= 0.3 is 0 Å². The molecular formula is C8H9ClO. The van der Waals surface area contributed by atoms with Crippen molar-refractivity contribution in [1.82, 2.24) is 0 Å². The molecule has 5 atom stereocenters. The van der Waals surface area contributed by atoms with Crippen LogP contribution in [0.3, 0.4) is 0 Å². The SMILES string of the molecule is Cl[C]O[C@H]1C2CC3C1[C@@H]3C2. The van der Waals surface area contributed by atoms with Gasteiger partial charge < -0.3 is 4.74 Å². The van der Waals surface area contributed by atoms with Crippen LogP contribution in [0, 0.1) is 29.7 Å². The van der Waals surface area contributed by atoms with Crippen LogP contribution in [0.5, 0.6) is 0 Å². The summed E-state index contributed by atoms with van der Waals surface area (Å²) >= 11 is 5.28. The van der Waals surface area contributed by atoms with E-state index in [1.807, 2.05) is 0 Å². The van der Waals surface area contributed by atoms with Gasteiger partial charge in [0, 0.05) is 0 Å². The van der Waals surface area contributed by atoms with Crippen molar-refractivity contribution in [3.63, 3.8) is 0 Å². The maximum atomic E-state index is 5.28. The van der Waals surface area contributed by atoms with E-state index in [-0.39, 0.29) is 0 Å². The molecule has 0 N–H and O–H groups in total. The van der Waals surface area contributed by atoms with Crippen molar-refractivity contribution >= 4 is 11.6 Å². The predicted octanol–water partition coefficient (Wildman–Crippen LogP) is 1.89. The summed E-state index contributed by atoms with van der Waals surface area (Å²) < 4.78 is 5.23. The van der Waals surface area contributed by atoms with Gasteiger partial charge in [0.25, 0.3) is 0 Å². The number of halogens is 1. The lowest BCUT2D eigenvalue weighted by molar-refractivity contribution is 0.0936. The summed E-state index contributed by atoms with van der Waals surface area (Å²) in [5, 5.41) is 0. The Hall–Kier alpha value is 0.250. The molecule has 4 saturated carbocycles. The number of hydrogen-bond acceptors (Lipinski definition) is 1.